The van der Waals surface area contributed by atoms with E-state index in [1.54, 1.807) is 0 Å². The van der Waals surface area contributed by atoms with Crippen molar-refractivity contribution in [3.63, 3.8) is 0 Å². The second-order valence-corrected chi connectivity index (χ2v) is 3.28. The molecule has 0 amide bonds. The standard InChI is InChI=1S/C10H14N2O4/c1-16-10-6-7(9(13)4-5-11)2-3-8(10)12(14)15/h2-3,6,9,13H,4-5,11H2,1H3/t9-/m0/s1. The van der Waals surface area contributed by atoms with Gasteiger partial charge in [-0.05, 0) is 30.7 Å². The van der Waals surface area contributed by atoms with Gasteiger partial charge in [0.1, 0.15) is 0 Å². The fourth-order valence-electron chi connectivity index (χ4n) is 1.38. The number of benzene rings is 1. The molecule has 6 heteroatoms. The third-order valence-corrected chi connectivity index (χ3v) is 2.23. The van der Waals surface area contributed by atoms with E-state index in [-0.39, 0.29) is 11.4 Å². The highest BCUT2D eigenvalue weighted by molar-refractivity contribution is 5.48. The van der Waals surface area contributed by atoms with Gasteiger partial charge >= 0.3 is 5.69 Å². The molecule has 0 bridgehead atoms. The van der Waals surface area contributed by atoms with E-state index in [0.717, 1.165) is 0 Å². The van der Waals surface area contributed by atoms with Crippen LogP contribution in [0, 0.1) is 10.1 Å². The molecule has 0 saturated carbocycles. The summed E-state index contributed by atoms with van der Waals surface area (Å²) in [6.45, 7) is 0.348. The second-order valence-electron chi connectivity index (χ2n) is 3.28. The monoisotopic (exact) mass is 226 g/mol. The molecule has 0 heterocycles. The van der Waals surface area contributed by atoms with Gasteiger partial charge in [0.25, 0.3) is 0 Å². The molecule has 0 fully saturated rings. The van der Waals surface area contributed by atoms with Gasteiger partial charge in [-0.3, -0.25) is 10.1 Å². The lowest BCUT2D eigenvalue weighted by Gasteiger charge is -2.10. The van der Waals surface area contributed by atoms with Crippen LogP contribution in [-0.4, -0.2) is 23.7 Å². The van der Waals surface area contributed by atoms with E-state index < -0.39 is 11.0 Å². The van der Waals surface area contributed by atoms with Gasteiger partial charge in [0, 0.05) is 6.07 Å². The van der Waals surface area contributed by atoms with E-state index >= 15 is 0 Å². The third-order valence-electron chi connectivity index (χ3n) is 2.23. The first-order valence-electron chi connectivity index (χ1n) is 4.80. The zero-order chi connectivity index (χ0) is 12.1. The molecule has 0 aliphatic carbocycles. The number of nitro benzene ring substituents is 1. The Kier molecular flexibility index (Phi) is 4.21. The number of nitro groups is 1. The van der Waals surface area contributed by atoms with Crippen molar-refractivity contribution in [1.82, 2.24) is 0 Å². The molecule has 0 unspecified atom stereocenters. The minimum Gasteiger partial charge on any atom is -0.490 e. The average Bonchev–Trinajstić information content (AvgIpc) is 2.28. The molecule has 1 aromatic rings. The summed E-state index contributed by atoms with van der Waals surface area (Å²) in [5.41, 5.74) is 5.76. The lowest BCUT2D eigenvalue weighted by Crippen LogP contribution is -2.07. The van der Waals surface area contributed by atoms with E-state index in [9.17, 15) is 15.2 Å². The van der Waals surface area contributed by atoms with Gasteiger partial charge in [0.2, 0.25) is 0 Å². The van der Waals surface area contributed by atoms with Crippen LogP contribution in [0.2, 0.25) is 0 Å². The average molecular weight is 226 g/mol. The van der Waals surface area contributed by atoms with Crippen molar-refractivity contribution in [2.24, 2.45) is 5.73 Å². The molecule has 88 valence electrons. The first-order valence-corrected chi connectivity index (χ1v) is 4.80. The summed E-state index contributed by atoms with van der Waals surface area (Å²) in [6, 6.07) is 4.27. The van der Waals surface area contributed by atoms with Gasteiger partial charge in [0.15, 0.2) is 5.75 Å². The molecular formula is C10H14N2O4. The number of hydrogen-bond donors (Lipinski definition) is 2. The van der Waals surface area contributed by atoms with E-state index in [1.807, 2.05) is 0 Å². The highest BCUT2D eigenvalue weighted by atomic mass is 16.6. The minimum absolute atomic E-state index is 0.119. The number of ether oxygens (including phenoxy) is 1. The van der Waals surface area contributed by atoms with Crippen LogP contribution in [0.3, 0.4) is 0 Å². The Bertz CT molecular complexity index is 381. The highest BCUT2D eigenvalue weighted by Crippen LogP contribution is 2.30. The number of nitrogens with two attached hydrogens (primary N) is 1. The van der Waals surface area contributed by atoms with Crippen molar-refractivity contribution in [3.8, 4) is 5.75 Å². The van der Waals surface area contributed by atoms with Crippen LogP contribution in [0.4, 0.5) is 5.69 Å². The summed E-state index contributed by atoms with van der Waals surface area (Å²) in [7, 11) is 1.35. The van der Waals surface area contributed by atoms with Crippen LogP contribution in [0.1, 0.15) is 18.1 Å². The van der Waals surface area contributed by atoms with Crippen LogP contribution in [-0.2, 0) is 0 Å². The minimum atomic E-state index is -0.722. The molecule has 0 radical (unpaired) electrons. The van der Waals surface area contributed by atoms with E-state index in [0.29, 0.717) is 18.5 Å². The van der Waals surface area contributed by atoms with Gasteiger partial charge < -0.3 is 15.6 Å². The summed E-state index contributed by atoms with van der Waals surface area (Å²) < 4.78 is 4.89. The lowest BCUT2D eigenvalue weighted by atomic mass is 10.1. The lowest BCUT2D eigenvalue weighted by molar-refractivity contribution is -0.385. The molecule has 1 atom stereocenters. The Balaban J connectivity index is 3.03. The molecule has 0 aromatic heterocycles. The number of rotatable bonds is 5. The van der Waals surface area contributed by atoms with E-state index in [2.05, 4.69) is 0 Å². The normalized spacial score (nSPS) is 12.2. The summed E-state index contributed by atoms with van der Waals surface area (Å²) in [5, 5.41) is 20.3. The SMILES string of the molecule is COc1cc([C@@H](O)CCN)ccc1[N+](=O)[O-]. The first kappa shape index (κ1) is 12.4. The highest BCUT2D eigenvalue weighted by Gasteiger charge is 2.17. The maximum absolute atomic E-state index is 10.6. The molecule has 0 aliphatic heterocycles. The molecular weight excluding hydrogens is 212 g/mol. The Morgan fingerprint density at radius 2 is 2.31 bits per heavy atom. The molecule has 3 N–H and O–H groups in total. The van der Waals surface area contributed by atoms with Crippen molar-refractivity contribution in [1.29, 1.82) is 0 Å². The molecule has 16 heavy (non-hydrogen) atoms. The number of hydrogen-bond acceptors (Lipinski definition) is 5. The topological polar surface area (TPSA) is 98.6 Å². The molecule has 0 spiro atoms. The fourth-order valence-corrected chi connectivity index (χ4v) is 1.38. The van der Waals surface area contributed by atoms with Crippen LogP contribution in [0.5, 0.6) is 5.75 Å². The maximum atomic E-state index is 10.6. The van der Waals surface area contributed by atoms with Crippen molar-refractivity contribution in [3.05, 3.63) is 33.9 Å². The van der Waals surface area contributed by atoms with Crippen LogP contribution in [0.15, 0.2) is 18.2 Å². The van der Waals surface area contributed by atoms with Gasteiger partial charge in [0.05, 0.1) is 18.1 Å². The van der Waals surface area contributed by atoms with Crippen LogP contribution >= 0.6 is 0 Å². The molecule has 6 nitrogen and oxygen atoms in total. The zero-order valence-electron chi connectivity index (χ0n) is 8.92. The predicted molar refractivity (Wildman–Crippen MR) is 58.3 cm³/mol. The smallest absolute Gasteiger partial charge is 0.310 e. The van der Waals surface area contributed by atoms with Gasteiger partial charge in [-0.25, -0.2) is 0 Å². The molecule has 1 rings (SSSR count). The third kappa shape index (κ3) is 2.68. The van der Waals surface area contributed by atoms with Gasteiger partial charge in [-0.15, -0.1) is 0 Å². The summed E-state index contributed by atoms with van der Waals surface area (Å²) in [6.07, 6.45) is -0.319. The molecule has 1 aromatic carbocycles. The summed E-state index contributed by atoms with van der Waals surface area (Å²) in [4.78, 5) is 10.1. The first-order chi connectivity index (χ1) is 7.60. The molecule has 0 saturated heterocycles. The van der Waals surface area contributed by atoms with Crippen molar-refractivity contribution < 1.29 is 14.8 Å². The second kappa shape index (κ2) is 5.43. The predicted octanol–water partition coefficient (Wildman–Crippen LogP) is 0.986. The number of aliphatic hydroxyl groups excluding tert-OH is 1. The molecule has 0 aliphatic rings. The van der Waals surface area contributed by atoms with E-state index in [1.165, 1.54) is 25.3 Å². The summed E-state index contributed by atoms with van der Waals surface area (Å²) >= 11 is 0. The Morgan fingerprint density at radius 3 is 2.81 bits per heavy atom. The Hall–Kier alpha value is -1.66. The Morgan fingerprint density at radius 1 is 1.62 bits per heavy atom. The van der Waals surface area contributed by atoms with Gasteiger partial charge in [-0.1, -0.05) is 0 Å². The van der Waals surface area contributed by atoms with Crippen molar-refractivity contribution in [2.75, 3.05) is 13.7 Å². The van der Waals surface area contributed by atoms with Crippen LogP contribution < -0.4 is 10.5 Å². The maximum Gasteiger partial charge on any atom is 0.310 e. The quantitative estimate of drug-likeness (QED) is 0.576. The number of methoxy groups -OCH3 is 1. The van der Waals surface area contributed by atoms with E-state index in [4.69, 9.17) is 10.5 Å². The summed E-state index contributed by atoms with van der Waals surface area (Å²) in [5.74, 6) is 0.138. The van der Waals surface area contributed by atoms with Crippen molar-refractivity contribution >= 4 is 5.69 Å². The van der Waals surface area contributed by atoms with Crippen LogP contribution in [0.25, 0.3) is 0 Å². The number of aliphatic hydroxyl groups is 1. The largest absolute Gasteiger partial charge is 0.490 e. The Labute approximate surface area is 92.8 Å². The number of nitrogens with zero attached hydrogens (tertiary/aromatic N) is 1. The zero-order valence-corrected chi connectivity index (χ0v) is 8.92. The fraction of sp³-hybridized carbons (Fsp3) is 0.400. The van der Waals surface area contributed by atoms with Gasteiger partial charge in [-0.2, -0.15) is 0 Å². The van der Waals surface area contributed by atoms with Crippen molar-refractivity contribution in [2.45, 2.75) is 12.5 Å².